The number of carbonyl (C=O) groups is 4. The number of fused-ring (bicyclic) bond motifs is 1. The molecule has 0 saturated heterocycles. The first-order chi connectivity index (χ1) is 16.7. The second-order valence-electron chi connectivity index (χ2n) is 9.60. The van der Waals surface area contributed by atoms with Gasteiger partial charge in [0.2, 0.25) is 11.8 Å². The Hall–Kier alpha value is -3.48. The number of benzene rings is 2. The zero-order valence-corrected chi connectivity index (χ0v) is 20.9. The number of nitrogens with zero attached hydrogens (tertiary/aromatic N) is 2. The van der Waals surface area contributed by atoms with Crippen molar-refractivity contribution in [3.8, 4) is 0 Å². The Morgan fingerprint density at radius 2 is 1.49 bits per heavy atom. The Bertz CT molecular complexity index is 1130. The Kier molecular flexibility index (Phi) is 6.79. The van der Waals surface area contributed by atoms with Crippen LogP contribution in [-0.4, -0.2) is 51.6 Å². The standard InChI is InChI=1S/C28H33N3O4/c1-5-30(24(32)20(4)31-25(33)21-14-7-8-15-22(21)26(31)34)28(16-9-6-10-17-28)27(35)29-23-18(2)12-11-13-19(23)3/h7-8,11-15,20H,5-6,9-10,16-17H2,1-4H3,(H,29,35). The summed E-state index contributed by atoms with van der Waals surface area (Å²) in [5, 5.41) is 3.12. The van der Waals surface area contributed by atoms with Crippen LogP contribution in [0.25, 0.3) is 0 Å². The largest absolute Gasteiger partial charge is 0.326 e. The van der Waals surface area contributed by atoms with Gasteiger partial charge in [-0.15, -0.1) is 0 Å². The van der Waals surface area contributed by atoms with Crippen LogP contribution >= 0.6 is 0 Å². The van der Waals surface area contributed by atoms with E-state index in [2.05, 4.69) is 5.32 Å². The monoisotopic (exact) mass is 475 g/mol. The fraction of sp³-hybridized carbons (Fsp3) is 0.429. The van der Waals surface area contributed by atoms with Crippen molar-refractivity contribution in [2.75, 3.05) is 11.9 Å². The van der Waals surface area contributed by atoms with Crippen LogP contribution in [0.3, 0.4) is 0 Å². The van der Waals surface area contributed by atoms with Crippen molar-refractivity contribution in [1.29, 1.82) is 0 Å². The molecule has 1 aliphatic heterocycles. The van der Waals surface area contributed by atoms with Gasteiger partial charge in [0.05, 0.1) is 11.1 Å². The first-order valence-corrected chi connectivity index (χ1v) is 12.4. The number of carbonyl (C=O) groups excluding carboxylic acids is 4. The molecule has 1 unspecified atom stereocenters. The van der Waals surface area contributed by atoms with E-state index in [1.165, 1.54) is 0 Å². The summed E-state index contributed by atoms with van der Waals surface area (Å²) in [7, 11) is 0. The van der Waals surface area contributed by atoms with Crippen molar-refractivity contribution in [2.24, 2.45) is 0 Å². The average Bonchev–Trinajstić information content (AvgIpc) is 3.11. The van der Waals surface area contributed by atoms with Gasteiger partial charge in [0.15, 0.2) is 0 Å². The molecule has 0 bridgehead atoms. The molecule has 35 heavy (non-hydrogen) atoms. The lowest BCUT2D eigenvalue weighted by Crippen LogP contribution is -2.63. The number of anilines is 1. The van der Waals surface area contributed by atoms with Crippen molar-refractivity contribution < 1.29 is 19.2 Å². The third kappa shape index (κ3) is 4.13. The summed E-state index contributed by atoms with van der Waals surface area (Å²) < 4.78 is 0. The van der Waals surface area contributed by atoms with Gasteiger partial charge in [-0.25, -0.2) is 0 Å². The molecule has 4 amide bonds. The van der Waals surface area contributed by atoms with Gasteiger partial charge in [-0.3, -0.25) is 24.1 Å². The molecule has 1 atom stereocenters. The van der Waals surface area contributed by atoms with E-state index >= 15 is 0 Å². The SMILES string of the molecule is CCN(C(=O)C(C)N1C(=O)c2ccccc2C1=O)C1(C(=O)Nc2c(C)cccc2C)CCCCC1. The number of hydrogen-bond donors (Lipinski definition) is 1. The predicted molar refractivity (Wildman–Crippen MR) is 134 cm³/mol. The van der Waals surface area contributed by atoms with Gasteiger partial charge in [-0.1, -0.05) is 49.6 Å². The number of likely N-dealkylation sites (N-methyl/N-ethyl adjacent to an activating group) is 1. The molecule has 0 aromatic heterocycles. The average molecular weight is 476 g/mol. The molecule has 2 aromatic rings. The number of nitrogens with one attached hydrogen (secondary N) is 1. The van der Waals surface area contributed by atoms with Crippen molar-refractivity contribution in [1.82, 2.24) is 9.80 Å². The molecule has 7 heteroatoms. The van der Waals surface area contributed by atoms with E-state index < -0.39 is 23.4 Å². The Labute approximate surface area is 206 Å². The molecule has 2 aromatic carbocycles. The van der Waals surface area contributed by atoms with Gasteiger partial charge in [0.1, 0.15) is 11.6 Å². The maximum Gasteiger partial charge on any atom is 0.262 e. The lowest BCUT2D eigenvalue weighted by molar-refractivity contribution is -0.150. The van der Waals surface area contributed by atoms with Gasteiger partial charge in [-0.05, 0) is 63.8 Å². The molecule has 1 heterocycles. The van der Waals surface area contributed by atoms with E-state index in [0.29, 0.717) is 30.5 Å². The molecular weight excluding hydrogens is 442 g/mol. The summed E-state index contributed by atoms with van der Waals surface area (Å²) >= 11 is 0. The zero-order chi connectivity index (χ0) is 25.3. The van der Waals surface area contributed by atoms with Crippen LogP contribution in [0.5, 0.6) is 0 Å². The normalized spacial score (nSPS) is 17.7. The van der Waals surface area contributed by atoms with Crippen molar-refractivity contribution >= 4 is 29.3 Å². The van der Waals surface area contributed by atoms with Crippen molar-refractivity contribution in [2.45, 2.75) is 71.4 Å². The highest BCUT2D eigenvalue weighted by Gasteiger charge is 2.50. The van der Waals surface area contributed by atoms with Gasteiger partial charge in [0, 0.05) is 12.2 Å². The Morgan fingerprint density at radius 3 is 2.00 bits per heavy atom. The number of para-hydroxylation sites is 1. The highest BCUT2D eigenvalue weighted by atomic mass is 16.2. The molecule has 2 aliphatic rings. The van der Waals surface area contributed by atoms with E-state index in [9.17, 15) is 19.2 Å². The summed E-state index contributed by atoms with van der Waals surface area (Å²) in [6, 6.07) is 11.4. The van der Waals surface area contributed by atoms with Crippen LogP contribution in [-0.2, 0) is 9.59 Å². The van der Waals surface area contributed by atoms with Gasteiger partial charge >= 0.3 is 0 Å². The van der Waals surface area contributed by atoms with Crippen LogP contribution in [0.15, 0.2) is 42.5 Å². The maximum absolute atomic E-state index is 13.9. The maximum atomic E-state index is 13.9. The first-order valence-electron chi connectivity index (χ1n) is 12.4. The lowest BCUT2D eigenvalue weighted by atomic mass is 9.78. The number of rotatable bonds is 6. The Balaban J connectivity index is 1.66. The molecule has 1 saturated carbocycles. The van der Waals surface area contributed by atoms with Crippen LogP contribution < -0.4 is 5.32 Å². The van der Waals surface area contributed by atoms with E-state index in [1.807, 2.05) is 39.0 Å². The quantitative estimate of drug-likeness (QED) is 0.624. The summed E-state index contributed by atoms with van der Waals surface area (Å²) in [6.45, 7) is 7.61. The summed E-state index contributed by atoms with van der Waals surface area (Å²) in [5.41, 5.74) is 2.25. The summed E-state index contributed by atoms with van der Waals surface area (Å²) in [5.74, 6) is -1.54. The molecule has 7 nitrogen and oxygen atoms in total. The Morgan fingerprint density at radius 1 is 0.943 bits per heavy atom. The molecule has 4 rings (SSSR count). The highest BCUT2D eigenvalue weighted by Crippen LogP contribution is 2.37. The molecule has 1 aliphatic carbocycles. The molecule has 0 radical (unpaired) electrons. The summed E-state index contributed by atoms with van der Waals surface area (Å²) in [4.78, 5) is 56.5. The van der Waals surface area contributed by atoms with E-state index in [4.69, 9.17) is 0 Å². The van der Waals surface area contributed by atoms with E-state index in [0.717, 1.165) is 41.0 Å². The minimum Gasteiger partial charge on any atom is -0.326 e. The second kappa shape index (κ2) is 9.64. The van der Waals surface area contributed by atoms with Crippen LogP contribution in [0.4, 0.5) is 5.69 Å². The molecule has 184 valence electrons. The second-order valence-corrected chi connectivity index (χ2v) is 9.60. The lowest BCUT2D eigenvalue weighted by Gasteiger charge is -2.46. The number of imide groups is 1. The minimum atomic E-state index is -1.04. The zero-order valence-electron chi connectivity index (χ0n) is 20.9. The minimum absolute atomic E-state index is 0.209. The van der Waals surface area contributed by atoms with E-state index in [-0.39, 0.29) is 11.8 Å². The van der Waals surface area contributed by atoms with E-state index in [1.54, 1.807) is 36.1 Å². The predicted octanol–water partition coefficient (Wildman–Crippen LogP) is 4.48. The molecule has 1 N–H and O–H groups in total. The highest BCUT2D eigenvalue weighted by molar-refractivity contribution is 6.23. The summed E-state index contributed by atoms with van der Waals surface area (Å²) in [6.07, 6.45) is 3.73. The molecular formula is C28H33N3O4. The number of hydrogen-bond acceptors (Lipinski definition) is 4. The van der Waals surface area contributed by atoms with Crippen molar-refractivity contribution in [3.63, 3.8) is 0 Å². The topological polar surface area (TPSA) is 86.8 Å². The van der Waals surface area contributed by atoms with Crippen LogP contribution in [0.1, 0.15) is 77.8 Å². The van der Waals surface area contributed by atoms with Gasteiger partial charge in [0.25, 0.3) is 11.8 Å². The third-order valence-corrected chi connectivity index (χ3v) is 7.49. The smallest absolute Gasteiger partial charge is 0.262 e. The third-order valence-electron chi connectivity index (χ3n) is 7.49. The van der Waals surface area contributed by atoms with Crippen molar-refractivity contribution in [3.05, 3.63) is 64.7 Å². The fourth-order valence-electron chi connectivity index (χ4n) is 5.56. The number of aryl methyl sites for hydroxylation is 2. The number of amides is 4. The molecule has 0 spiro atoms. The first kappa shape index (κ1) is 24.6. The fourth-order valence-corrected chi connectivity index (χ4v) is 5.56. The van der Waals surface area contributed by atoms with Gasteiger partial charge < -0.3 is 10.2 Å². The van der Waals surface area contributed by atoms with Crippen LogP contribution in [0, 0.1) is 13.8 Å². The molecule has 1 fully saturated rings. The van der Waals surface area contributed by atoms with Crippen LogP contribution in [0.2, 0.25) is 0 Å². The van der Waals surface area contributed by atoms with Gasteiger partial charge in [-0.2, -0.15) is 0 Å².